The first-order valence-electron chi connectivity index (χ1n) is 9.65. The number of rotatable bonds is 4. The van der Waals surface area contributed by atoms with Crippen LogP contribution in [0.25, 0.3) is 0 Å². The van der Waals surface area contributed by atoms with E-state index in [1.165, 1.54) is 6.92 Å². The van der Waals surface area contributed by atoms with Crippen molar-refractivity contribution in [1.82, 2.24) is 0 Å². The van der Waals surface area contributed by atoms with Gasteiger partial charge in [0, 0.05) is 16.1 Å². The molecule has 0 aliphatic carbocycles. The monoisotopic (exact) mass is 434 g/mol. The van der Waals surface area contributed by atoms with E-state index in [1.807, 2.05) is 12.1 Å². The number of carbonyl (C=O) groups excluding carboxylic acids is 1. The van der Waals surface area contributed by atoms with Crippen molar-refractivity contribution in [1.29, 1.82) is 0 Å². The molecule has 0 amide bonds. The van der Waals surface area contributed by atoms with Gasteiger partial charge in [-0.15, -0.1) is 0 Å². The number of hydrogen-bond acceptors (Lipinski definition) is 7. The maximum absolute atomic E-state index is 11.5. The van der Waals surface area contributed by atoms with Crippen LogP contribution in [0, 0.1) is 0 Å². The van der Waals surface area contributed by atoms with E-state index < -0.39 is 36.8 Å². The van der Waals surface area contributed by atoms with Crippen LogP contribution in [-0.4, -0.2) is 57.2 Å². The number of halogens is 1. The summed E-state index contributed by atoms with van der Waals surface area (Å²) in [6.07, 6.45) is -5.21. The highest BCUT2D eigenvalue weighted by Gasteiger charge is 2.58. The zero-order chi connectivity index (χ0) is 21.6. The summed E-state index contributed by atoms with van der Waals surface area (Å²) in [5, 5.41) is 41.1. The normalized spacial score (nSPS) is 30.5. The van der Waals surface area contributed by atoms with Crippen molar-refractivity contribution in [3.8, 4) is 0 Å². The van der Waals surface area contributed by atoms with Gasteiger partial charge in [0.1, 0.15) is 24.4 Å². The minimum absolute atomic E-state index is 0.0150. The second-order valence-corrected chi connectivity index (χ2v) is 8.16. The minimum Gasteiger partial charge on any atom is -0.394 e. The Morgan fingerprint density at radius 2 is 1.87 bits per heavy atom. The molecule has 1 spiro atoms. The third-order valence-corrected chi connectivity index (χ3v) is 6.15. The molecule has 2 aromatic carbocycles. The molecule has 2 aromatic rings. The van der Waals surface area contributed by atoms with Crippen molar-refractivity contribution in [3.05, 3.63) is 69.2 Å². The van der Waals surface area contributed by atoms with E-state index in [0.29, 0.717) is 28.1 Å². The Morgan fingerprint density at radius 3 is 2.50 bits per heavy atom. The molecule has 5 atom stereocenters. The van der Waals surface area contributed by atoms with Crippen molar-refractivity contribution >= 4 is 17.4 Å². The highest BCUT2D eigenvalue weighted by molar-refractivity contribution is 6.31. The predicted molar refractivity (Wildman–Crippen MR) is 107 cm³/mol. The van der Waals surface area contributed by atoms with E-state index in [2.05, 4.69) is 0 Å². The highest BCUT2D eigenvalue weighted by Crippen LogP contribution is 2.47. The van der Waals surface area contributed by atoms with Crippen LogP contribution < -0.4 is 0 Å². The van der Waals surface area contributed by atoms with Crippen LogP contribution in [0.1, 0.15) is 39.5 Å². The maximum Gasteiger partial charge on any atom is 0.225 e. The second-order valence-electron chi connectivity index (χ2n) is 7.75. The van der Waals surface area contributed by atoms with Crippen molar-refractivity contribution in [2.45, 2.75) is 50.2 Å². The number of ketones is 1. The van der Waals surface area contributed by atoms with Gasteiger partial charge in [-0.2, -0.15) is 0 Å². The van der Waals surface area contributed by atoms with Gasteiger partial charge in [0.15, 0.2) is 5.78 Å². The van der Waals surface area contributed by atoms with Crippen molar-refractivity contribution in [2.24, 2.45) is 0 Å². The molecular weight excluding hydrogens is 412 g/mol. The average molecular weight is 435 g/mol. The summed E-state index contributed by atoms with van der Waals surface area (Å²) >= 11 is 6.47. The maximum atomic E-state index is 11.5. The van der Waals surface area contributed by atoms with Crippen LogP contribution in [0.4, 0.5) is 0 Å². The summed E-state index contributed by atoms with van der Waals surface area (Å²) < 4.78 is 11.5. The fraction of sp³-hybridized carbons (Fsp3) is 0.409. The molecule has 7 nitrogen and oxygen atoms in total. The van der Waals surface area contributed by atoms with E-state index in [1.54, 1.807) is 24.3 Å². The number of aliphatic hydroxyl groups is 4. The van der Waals surface area contributed by atoms with E-state index in [9.17, 15) is 25.2 Å². The van der Waals surface area contributed by atoms with Crippen LogP contribution in [0.3, 0.4) is 0 Å². The standard InChI is InChI=1S/C22H23ClO7/c1-11(25)13-4-2-12(3-5-13)6-14-7-16-15(8-17(14)23)10-29-22(16)21(28)20(27)19(26)18(9-24)30-22/h2-5,7-8,18-21,24,26-28H,6,9-10H2,1H3/t18-,19-,20+,21-,22+/m1/s1. The Balaban J connectivity index is 1.70. The minimum atomic E-state index is -1.71. The van der Waals surface area contributed by atoms with Crippen molar-refractivity contribution in [2.75, 3.05) is 6.61 Å². The lowest BCUT2D eigenvalue weighted by Crippen LogP contribution is -2.63. The zero-order valence-electron chi connectivity index (χ0n) is 16.3. The quantitative estimate of drug-likeness (QED) is 0.536. The molecule has 2 aliphatic heterocycles. The number of carbonyl (C=O) groups is 1. The summed E-state index contributed by atoms with van der Waals surface area (Å²) in [6, 6.07) is 10.7. The summed E-state index contributed by atoms with van der Waals surface area (Å²) in [5.41, 5.74) is 3.48. The predicted octanol–water partition coefficient (Wildman–Crippen LogP) is 1.29. The highest BCUT2D eigenvalue weighted by atomic mass is 35.5. The van der Waals surface area contributed by atoms with Crippen LogP contribution in [0.15, 0.2) is 36.4 Å². The second kappa shape index (κ2) is 8.01. The van der Waals surface area contributed by atoms with E-state index in [-0.39, 0.29) is 12.4 Å². The van der Waals surface area contributed by atoms with E-state index in [4.69, 9.17) is 21.1 Å². The fourth-order valence-corrected chi connectivity index (χ4v) is 4.31. The third kappa shape index (κ3) is 3.46. The zero-order valence-corrected chi connectivity index (χ0v) is 17.0. The van der Waals surface area contributed by atoms with Crippen LogP contribution in [0.5, 0.6) is 0 Å². The lowest BCUT2D eigenvalue weighted by molar-refractivity contribution is -0.368. The van der Waals surface area contributed by atoms with Crippen LogP contribution in [0.2, 0.25) is 5.02 Å². The van der Waals surface area contributed by atoms with Gasteiger partial charge in [0.25, 0.3) is 0 Å². The largest absolute Gasteiger partial charge is 0.394 e. The molecule has 4 N–H and O–H groups in total. The van der Waals surface area contributed by atoms with E-state index >= 15 is 0 Å². The number of benzene rings is 2. The lowest BCUT2D eigenvalue weighted by Gasteiger charge is -2.46. The topological polar surface area (TPSA) is 116 Å². The smallest absolute Gasteiger partial charge is 0.225 e. The van der Waals surface area contributed by atoms with Gasteiger partial charge in [0.2, 0.25) is 5.79 Å². The molecular formula is C22H23ClO7. The lowest BCUT2D eigenvalue weighted by atomic mass is 9.86. The SMILES string of the molecule is CC(=O)c1ccc(Cc2cc3c(cc2Cl)CO[C@]32O[C@H](CO)[C@@H](O)[C@H](O)[C@H]2O)cc1. The first kappa shape index (κ1) is 21.4. The number of Topliss-reactive ketones (excluding diaryl/α,β-unsaturated/α-hetero) is 1. The summed E-state index contributed by atoms with van der Waals surface area (Å²) in [4.78, 5) is 11.5. The molecule has 30 heavy (non-hydrogen) atoms. The molecule has 1 fully saturated rings. The van der Waals surface area contributed by atoms with Crippen molar-refractivity contribution in [3.63, 3.8) is 0 Å². The molecule has 8 heteroatoms. The van der Waals surface area contributed by atoms with Gasteiger partial charge in [-0.25, -0.2) is 0 Å². The Bertz CT molecular complexity index is 959. The number of fused-ring (bicyclic) bond motifs is 2. The van der Waals surface area contributed by atoms with Gasteiger partial charge >= 0.3 is 0 Å². The first-order chi connectivity index (χ1) is 14.3. The van der Waals surface area contributed by atoms with Crippen LogP contribution in [-0.2, 0) is 28.3 Å². The summed E-state index contributed by atoms with van der Waals surface area (Å²) in [7, 11) is 0. The average Bonchev–Trinajstić information content (AvgIpc) is 3.08. The number of aliphatic hydroxyl groups excluding tert-OH is 4. The molecule has 0 radical (unpaired) electrons. The van der Waals surface area contributed by atoms with Gasteiger partial charge < -0.3 is 29.9 Å². The number of hydrogen-bond donors (Lipinski definition) is 4. The Hall–Kier alpha value is -1.84. The van der Waals surface area contributed by atoms with Crippen molar-refractivity contribution < 1.29 is 34.7 Å². The fourth-order valence-electron chi connectivity index (χ4n) is 4.06. The Morgan fingerprint density at radius 1 is 1.17 bits per heavy atom. The van der Waals surface area contributed by atoms with Gasteiger partial charge in [0.05, 0.1) is 13.2 Å². The van der Waals surface area contributed by atoms with E-state index in [0.717, 1.165) is 11.1 Å². The van der Waals surface area contributed by atoms with Gasteiger partial charge in [-0.05, 0) is 42.2 Å². The summed E-state index contributed by atoms with van der Waals surface area (Å²) in [6.45, 7) is 1.06. The molecule has 0 bridgehead atoms. The molecule has 0 aromatic heterocycles. The molecule has 1 saturated heterocycles. The molecule has 0 unspecified atom stereocenters. The van der Waals surface area contributed by atoms with Gasteiger partial charge in [-0.3, -0.25) is 4.79 Å². The Kier molecular flexibility index (Phi) is 5.71. The Labute approximate surface area is 178 Å². The molecule has 0 saturated carbocycles. The first-order valence-corrected chi connectivity index (χ1v) is 10.0. The molecule has 2 heterocycles. The third-order valence-electron chi connectivity index (χ3n) is 5.79. The molecule has 160 valence electrons. The molecule has 4 rings (SSSR count). The number of ether oxygens (including phenoxy) is 2. The summed E-state index contributed by atoms with van der Waals surface area (Å²) in [5.74, 6) is -1.72. The van der Waals surface area contributed by atoms with Gasteiger partial charge in [-0.1, -0.05) is 35.9 Å². The van der Waals surface area contributed by atoms with Crippen LogP contribution >= 0.6 is 11.6 Å². The molecule has 2 aliphatic rings.